The SMILES string of the molecule is CN(Cc1ccn(C)n1)C(=O)NCc1ccccc1Br. The van der Waals surface area contributed by atoms with E-state index in [1.165, 1.54) is 0 Å². The maximum Gasteiger partial charge on any atom is 0.317 e. The van der Waals surface area contributed by atoms with Crippen molar-refractivity contribution in [2.75, 3.05) is 7.05 Å². The topological polar surface area (TPSA) is 50.2 Å². The van der Waals surface area contributed by atoms with Gasteiger partial charge in [-0.2, -0.15) is 5.10 Å². The molecule has 0 spiro atoms. The smallest absolute Gasteiger partial charge is 0.317 e. The van der Waals surface area contributed by atoms with Crippen LogP contribution in [0.15, 0.2) is 41.0 Å². The Balaban J connectivity index is 1.87. The number of carbonyl (C=O) groups is 1. The van der Waals surface area contributed by atoms with Crippen molar-refractivity contribution in [1.29, 1.82) is 0 Å². The molecule has 1 aromatic heterocycles. The van der Waals surface area contributed by atoms with Crippen molar-refractivity contribution in [3.8, 4) is 0 Å². The van der Waals surface area contributed by atoms with Crippen molar-refractivity contribution in [2.24, 2.45) is 7.05 Å². The summed E-state index contributed by atoms with van der Waals surface area (Å²) < 4.78 is 2.72. The van der Waals surface area contributed by atoms with Gasteiger partial charge in [-0.15, -0.1) is 0 Å². The molecule has 0 atom stereocenters. The maximum atomic E-state index is 12.0. The summed E-state index contributed by atoms with van der Waals surface area (Å²) in [4.78, 5) is 13.6. The minimum absolute atomic E-state index is 0.119. The van der Waals surface area contributed by atoms with Crippen LogP contribution in [-0.4, -0.2) is 27.8 Å². The summed E-state index contributed by atoms with van der Waals surface area (Å²) >= 11 is 3.46. The molecule has 0 unspecified atom stereocenters. The van der Waals surface area contributed by atoms with E-state index in [2.05, 4.69) is 26.3 Å². The summed E-state index contributed by atoms with van der Waals surface area (Å²) in [7, 11) is 3.61. The van der Waals surface area contributed by atoms with Crippen LogP contribution in [0.1, 0.15) is 11.3 Å². The average molecular weight is 337 g/mol. The fraction of sp³-hybridized carbons (Fsp3) is 0.286. The number of hydrogen-bond donors (Lipinski definition) is 1. The first kappa shape index (κ1) is 14.6. The number of hydrogen-bond acceptors (Lipinski definition) is 2. The van der Waals surface area contributed by atoms with E-state index in [9.17, 15) is 4.79 Å². The molecule has 0 saturated carbocycles. The number of urea groups is 1. The number of rotatable bonds is 4. The molecule has 1 aromatic carbocycles. The van der Waals surface area contributed by atoms with Crippen molar-refractivity contribution in [3.63, 3.8) is 0 Å². The minimum atomic E-state index is -0.119. The fourth-order valence-electron chi connectivity index (χ4n) is 1.81. The molecular formula is C14H17BrN4O. The van der Waals surface area contributed by atoms with E-state index in [4.69, 9.17) is 0 Å². The molecule has 1 N–H and O–H groups in total. The molecular weight excluding hydrogens is 320 g/mol. The Bertz CT molecular complexity index is 596. The summed E-state index contributed by atoms with van der Waals surface area (Å²) in [6, 6.07) is 9.61. The predicted octanol–water partition coefficient (Wildman–Crippen LogP) is 2.52. The van der Waals surface area contributed by atoms with E-state index >= 15 is 0 Å². The third-order valence-electron chi connectivity index (χ3n) is 2.90. The molecule has 2 rings (SSSR count). The molecule has 20 heavy (non-hydrogen) atoms. The van der Waals surface area contributed by atoms with E-state index in [1.54, 1.807) is 16.6 Å². The summed E-state index contributed by atoms with van der Waals surface area (Å²) in [5.74, 6) is 0. The predicted molar refractivity (Wildman–Crippen MR) is 81.1 cm³/mol. The number of halogens is 1. The highest BCUT2D eigenvalue weighted by Crippen LogP contribution is 2.15. The van der Waals surface area contributed by atoms with Gasteiger partial charge in [0.05, 0.1) is 12.2 Å². The lowest BCUT2D eigenvalue weighted by Crippen LogP contribution is -2.36. The van der Waals surface area contributed by atoms with E-state index in [1.807, 2.05) is 43.6 Å². The van der Waals surface area contributed by atoms with Crippen molar-refractivity contribution >= 4 is 22.0 Å². The number of nitrogens with one attached hydrogen (secondary N) is 1. The molecule has 0 radical (unpaired) electrons. The number of nitrogens with zero attached hydrogens (tertiary/aromatic N) is 3. The molecule has 0 aliphatic rings. The van der Waals surface area contributed by atoms with Crippen molar-refractivity contribution in [3.05, 3.63) is 52.3 Å². The van der Waals surface area contributed by atoms with Gasteiger partial charge in [0, 0.05) is 31.3 Å². The van der Waals surface area contributed by atoms with Crippen molar-refractivity contribution in [1.82, 2.24) is 20.0 Å². The molecule has 2 amide bonds. The molecule has 6 heteroatoms. The van der Waals surface area contributed by atoms with Gasteiger partial charge in [-0.25, -0.2) is 4.79 Å². The molecule has 0 aliphatic heterocycles. The Morgan fingerprint density at radius 1 is 1.40 bits per heavy atom. The third kappa shape index (κ3) is 3.84. The van der Waals surface area contributed by atoms with Gasteiger partial charge >= 0.3 is 6.03 Å². The summed E-state index contributed by atoms with van der Waals surface area (Å²) in [6.45, 7) is 0.982. The van der Waals surface area contributed by atoms with E-state index in [-0.39, 0.29) is 6.03 Å². The molecule has 0 bridgehead atoms. The van der Waals surface area contributed by atoms with Crippen LogP contribution < -0.4 is 5.32 Å². The zero-order chi connectivity index (χ0) is 14.5. The highest BCUT2D eigenvalue weighted by Gasteiger charge is 2.10. The normalized spacial score (nSPS) is 10.3. The monoisotopic (exact) mass is 336 g/mol. The Morgan fingerprint density at radius 2 is 2.15 bits per heavy atom. The molecule has 2 aromatic rings. The van der Waals surface area contributed by atoms with Crippen LogP contribution in [0.2, 0.25) is 0 Å². The van der Waals surface area contributed by atoms with Crippen LogP contribution >= 0.6 is 15.9 Å². The van der Waals surface area contributed by atoms with E-state index in [0.29, 0.717) is 13.1 Å². The molecule has 0 saturated heterocycles. The van der Waals surface area contributed by atoms with Crippen LogP contribution in [0.25, 0.3) is 0 Å². The third-order valence-corrected chi connectivity index (χ3v) is 3.68. The van der Waals surface area contributed by atoms with Crippen LogP contribution in [-0.2, 0) is 20.1 Å². The number of aromatic nitrogens is 2. The van der Waals surface area contributed by atoms with E-state index in [0.717, 1.165) is 15.7 Å². The first-order chi connectivity index (χ1) is 9.56. The van der Waals surface area contributed by atoms with Gasteiger partial charge in [-0.05, 0) is 17.7 Å². The Kier molecular flexibility index (Phi) is 4.79. The first-order valence-electron chi connectivity index (χ1n) is 6.27. The lowest BCUT2D eigenvalue weighted by atomic mass is 10.2. The van der Waals surface area contributed by atoms with E-state index < -0.39 is 0 Å². The van der Waals surface area contributed by atoms with Crippen molar-refractivity contribution in [2.45, 2.75) is 13.1 Å². The number of amides is 2. The number of carbonyl (C=O) groups excluding carboxylic acids is 1. The van der Waals surface area contributed by atoms with Crippen LogP contribution in [0.3, 0.4) is 0 Å². The molecule has 106 valence electrons. The standard InChI is InChI=1S/C14H17BrN4O/c1-18(10-12-7-8-19(2)17-12)14(20)16-9-11-5-3-4-6-13(11)15/h3-8H,9-10H2,1-2H3,(H,16,20). The Morgan fingerprint density at radius 3 is 2.80 bits per heavy atom. The lowest BCUT2D eigenvalue weighted by molar-refractivity contribution is 0.206. The van der Waals surface area contributed by atoms with Gasteiger partial charge in [0.25, 0.3) is 0 Å². The van der Waals surface area contributed by atoms with Crippen molar-refractivity contribution < 1.29 is 4.79 Å². The lowest BCUT2D eigenvalue weighted by Gasteiger charge is -2.17. The molecule has 0 fully saturated rings. The first-order valence-corrected chi connectivity index (χ1v) is 7.06. The van der Waals surface area contributed by atoms with Gasteiger partial charge in [-0.3, -0.25) is 4.68 Å². The summed E-state index contributed by atoms with van der Waals surface area (Å²) in [5, 5.41) is 7.14. The van der Waals surface area contributed by atoms with Gasteiger partial charge in [0.15, 0.2) is 0 Å². The quantitative estimate of drug-likeness (QED) is 0.932. The summed E-state index contributed by atoms with van der Waals surface area (Å²) in [6.07, 6.45) is 1.86. The van der Waals surface area contributed by atoms with Gasteiger partial charge in [0.1, 0.15) is 0 Å². The second-order valence-corrected chi connectivity index (χ2v) is 5.44. The minimum Gasteiger partial charge on any atom is -0.334 e. The second-order valence-electron chi connectivity index (χ2n) is 4.59. The zero-order valence-corrected chi connectivity index (χ0v) is 13.1. The second kappa shape index (κ2) is 6.56. The Labute approximate surface area is 126 Å². The average Bonchev–Trinajstić information content (AvgIpc) is 2.82. The molecule has 1 heterocycles. The van der Waals surface area contributed by atoms with Gasteiger partial charge in [0.2, 0.25) is 0 Å². The van der Waals surface area contributed by atoms with Gasteiger partial charge < -0.3 is 10.2 Å². The van der Waals surface area contributed by atoms with Crippen LogP contribution in [0.4, 0.5) is 4.79 Å². The maximum absolute atomic E-state index is 12.0. The van der Waals surface area contributed by atoms with Crippen LogP contribution in [0.5, 0.6) is 0 Å². The molecule has 5 nitrogen and oxygen atoms in total. The number of aryl methyl sites for hydroxylation is 1. The zero-order valence-electron chi connectivity index (χ0n) is 11.5. The highest BCUT2D eigenvalue weighted by atomic mass is 79.9. The largest absolute Gasteiger partial charge is 0.334 e. The summed E-state index contributed by atoms with van der Waals surface area (Å²) in [5.41, 5.74) is 1.91. The highest BCUT2D eigenvalue weighted by molar-refractivity contribution is 9.10. The van der Waals surface area contributed by atoms with Gasteiger partial charge in [-0.1, -0.05) is 34.1 Å². The van der Waals surface area contributed by atoms with Crippen LogP contribution in [0, 0.1) is 0 Å². The number of benzene rings is 1. The molecule has 0 aliphatic carbocycles. The fourth-order valence-corrected chi connectivity index (χ4v) is 2.23. The Hall–Kier alpha value is -1.82.